The molecular weight excluding hydrogens is 465 g/mol. The lowest BCUT2D eigenvalue weighted by molar-refractivity contribution is -0.122. The molecule has 1 aliphatic heterocycles. The molecule has 2 aliphatic rings. The van der Waals surface area contributed by atoms with Gasteiger partial charge in [0.25, 0.3) is 0 Å². The number of nitrogens with zero attached hydrogens (tertiary/aromatic N) is 5. The molecular formula is C16H28IN7OS. The van der Waals surface area contributed by atoms with Gasteiger partial charge in [0.05, 0.1) is 0 Å². The summed E-state index contributed by atoms with van der Waals surface area (Å²) in [6, 6.07) is 0. The third-order valence-corrected chi connectivity index (χ3v) is 5.31. The minimum absolute atomic E-state index is 0. The van der Waals surface area contributed by atoms with Crippen LogP contribution in [0.1, 0.15) is 25.6 Å². The Balaban J connectivity index is 0.00000243. The van der Waals surface area contributed by atoms with Crippen molar-refractivity contribution in [2.45, 2.75) is 26.2 Å². The molecule has 26 heavy (non-hydrogen) atoms. The zero-order chi connectivity index (χ0) is 17.6. The first-order chi connectivity index (χ1) is 12.2. The summed E-state index contributed by atoms with van der Waals surface area (Å²) in [7, 11) is 1.80. The number of halogens is 1. The van der Waals surface area contributed by atoms with E-state index >= 15 is 0 Å². The minimum Gasteiger partial charge on any atom is -0.354 e. The standard InChI is InChI=1S/C16H27N7OS.HI/c1-3-13-20-16(25-21-13)23-10-8-22(9-11-23)15(17-2)19-7-6-18-14(24)12-4-5-12;/h12H,3-11H2,1-2H3,(H,17,19)(H,18,24);1H. The second kappa shape index (κ2) is 10.2. The number of anilines is 1. The number of hydrogen-bond donors (Lipinski definition) is 2. The van der Waals surface area contributed by atoms with Crippen molar-refractivity contribution in [2.24, 2.45) is 10.9 Å². The highest BCUT2D eigenvalue weighted by Gasteiger charge is 2.29. The Bertz CT molecular complexity index is 611. The summed E-state index contributed by atoms with van der Waals surface area (Å²) >= 11 is 1.48. The van der Waals surface area contributed by atoms with E-state index in [-0.39, 0.29) is 35.8 Å². The summed E-state index contributed by atoms with van der Waals surface area (Å²) < 4.78 is 4.37. The molecule has 0 aromatic carbocycles. The minimum atomic E-state index is 0. The molecule has 0 spiro atoms. The van der Waals surface area contributed by atoms with Crippen LogP contribution in [0.25, 0.3) is 0 Å². The highest BCUT2D eigenvalue weighted by atomic mass is 127. The molecule has 0 atom stereocenters. The maximum atomic E-state index is 11.6. The van der Waals surface area contributed by atoms with Gasteiger partial charge in [-0.05, 0) is 12.8 Å². The first-order valence-electron chi connectivity index (χ1n) is 9.02. The van der Waals surface area contributed by atoms with E-state index in [0.717, 1.165) is 62.4 Å². The number of carbonyl (C=O) groups excluding carboxylic acids is 1. The molecule has 2 N–H and O–H groups in total. The fourth-order valence-corrected chi connectivity index (χ4v) is 3.61. The average molecular weight is 493 g/mol. The SMILES string of the molecule is CCc1nsc(N2CCN(C(=NC)NCCNC(=O)C3CC3)CC2)n1.I. The number of amides is 1. The van der Waals surface area contributed by atoms with Gasteiger partial charge in [-0.25, -0.2) is 4.98 Å². The zero-order valence-electron chi connectivity index (χ0n) is 15.4. The van der Waals surface area contributed by atoms with Crippen LogP contribution in [0.15, 0.2) is 4.99 Å². The van der Waals surface area contributed by atoms with Gasteiger partial charge in [0.15, 0.2) is 5.96 Å². The van der Waals surface area contributed by atoms with E-state index in [1.165, 1.54) is 11.5 Å². The number of guanidine groups is 1. The smallest absolute Gasteiger partial charge is 0.223 e. The number of piperazine rings is 1. The van der Waals surface area contributed by atoms with Crippen LogP contribution in [-0.2, 0) is 11.2 Å². The summed E-state index contributed by atoms with van der Waals surface area (Å²) in [5.41, 5.74) is 0. The summed E-state index contributed by atoms with van der Waals surface area (Å²) in [5, 5.41) is 7.32. The van der Waals surface area contributed by atoms with E-state index in [0.29, 0.717) is 13.1 Å². The van der Waals surface area contributed by atoms with Crippen LogP contribution in [0.3, 0.4) is 0 Å². The topological polar surface area (TPSA) is 85.8 Å². The van der Waals surface area contributed by atoms with Gasteiger partial charge < -0.3 is 20.4 Å². The Morgan fingerprint density at radius 3 is 2.50 bits per heavy atom. The summed E-state index contributed by atoms with van der Waals surface area (Å²) in [6.45, 7) is 7.03. The summed E-state index contributed by atoms with van der Waals surface area (Å²) in [4.78, 5) is 25.1. The zero-order valence-corrected chi connectivity index (χ0v) is 18.5. The number of aliphatic imine (C=N–C) groups is 1. The Morgan fingerprint density at radius 1 is 1.23 bits per heavy atom. The molecule has 146 valence electrons. The van der Waals surface area contributed by atoms with Crippen molar-refractivity contribution in [1.82, 2.24) is 24.9 Å². The van der Waals surface area contributed by atoms with E-state index < -0.39 is 0 Å². The number of carbonyl (C=O) groups is 1. The Morgan fingerprint density at radius 2 is 1.92 bits per heavy atom. The second-order valence-corrected chi connectivity index (χ2v) is 7.09. The Hall–Kier alpha value is -1.17. The fourth-order valence-electron chi connectivity index (χ4n) is 2.81. The lowest BCUT2D eigenvalue weighted by atomic mass is 10.3. The van der Waals surface area contributed by atoms with Crippen molar-refractivity contribution in [2.75, 3.05) is 51.2 Å². The van der Waals surface area contributed by atoms with Crippen LogP contribution in [0.2, 0.25) is 0 Å². The lowest BCUT2D eigenvalue weighted by Gasteiger charge is -2.36. The van der Waals surface area contributed by atoms with Gasteiger partial charge in [0, 0.05) is 70.2 Å². The van der Waals surface area contributed by atoms with E-state index in [2.05, 4.69) is 41.7 Å². The number of aryl methyl sites for hydroxylation is 1. The number of hydrogen-bond acceptors (Lipinski definition) is 6. The van der Waals surface area contributed by atoms with E-state index in [1.807, 2.05) is 0 Å². The normalized spacial score (nSPS) is 17.7. The molecule has 2 heterocycles. The molecule has 3 rings (SSSR count). The third kappa shape index (κ3) is 5.66. The van der Waals surface area contributed by atoms with Gasteiger partial charge in [-0.1, -0.05) is 6.92 Å². The molecule has 1 saturated heterocycles. The van der Waals surface area contributed by atoms with Crippen molar-refractivity contribution < 1.29 is 4.79 Å². The fraction of sp³-hybridized carbons (Fsp3) is 0.750. The van der Waals surface area contributed by atoms with Crippen molar-refractivity contribution >= 4 is 52.5 Å². The van der Waals surface area contributed by atoms with Crippen molar-refractivity contribution in [3.05, 3.63) is 5.82 Å². The van der Waals surface area contributed by atoms with Crippen LogP contribution >= 0.6 is 35.5 Å². The molecule has 1 aromatic heterocycles. The van der Waals surface area contributed by atoms with Crippen molar-refractivity contribution in [1.29, 1.82) is 0 Å². The molecule has 0 unspecified atom stereocenters. The van der Waals surface area contributed by atoms with Gasteiger partial charge in [0.2, 0.25) is 11.0 Å². The lowest BCUT2D eigenvalue weighted by Crippen LogP contribution is -2.53. The second-order valence-electron chi connectivity index (χ2n) is 6.36. The largest absolute Gasteiger partial charge is 0.354 e. The van der Waals surface area contributed by atoms with Gasteiger partial charge in [-0.15, -0.1) is 24.0 Å². The van der Waals surface area contributed by atoms with Crippen LogP contribution in [0.5, 0.6) is 0 Å². The maximum absolute atomic E-state index is 11.6. The molecule has 0 bridgehead atoms. The molecule has 1 amide bonds. The first kappa shape index (κ1) is 21.1. The van der Waals surface area contributed by atoms with Gasteiger partial charge >= 0.3 is 0 Å². The van der Waals surface area contributed by atoms with E-state index in [1.54, 1.807) is 7.05 Å². The summed E-state index contributed by atoms with van der Waals surface area (Å²) in [6.07, 6.45) is 2.96. The van der Waals surface area contributed by atoms with Crippen molar-refractivity contribution in [3.63, 3.8) is 0 Å². The molecule has 8 nitrogen and oxygen atoms in total. The Kier molecular flexibility index (Phi) is 8.32. The number of nitrogens with one attached hydrogen (secondary N) is 2. The molecule has 1 aromatic rings. The summed E-state index contributed by atoms with van der Waals surface area (Å²) in [5.74, 6) is 2.27. The maximum Gasteiger partial charge on any atom is 0.223 e. The third-order valence-electron chi connectivity index (χ3n) is 4.49. The molecule has 2 fully saturated rings. The highest BCUT2D eigenvalue weighted by Crippen LogP contribution is 2.28. The number of aromatic nitrogens is 2. The Labute approximate surface area is 176 Å². The van der Waals surface area contributed by atoms with E-state index in [9.17, 15) is 4.79 Å². The van der Waals surface area contributed by atoms with Gasteiger partial charge in [0.1, 0.15) is 5.82 Å². The molecule has 1 aliphatic carbocycles. The van der Waals surface area contributed by atoms with E-state index in [4.69, 9.17) is 0 Å². The highest BCUT2D eigenvalue weighted by molar-refractivity contribution is 14.0. The monoisotopic (exact) mass is 493 g/mol. The predicted octanol–water partition coefficient (Wildman–Crippen LogP) is 0.942. The molecule has 0 radical (unpaired) electrons. The van der Waals surface area contributed by atoms with Crippen LogP contribution in [0.4, 0.5) is 5.13 Å². The molecule has 10 heteroatoms. The van der Waals surface area contributed by atoms with Crippen molar-refractivity contribution in [3.8, 4) is 0 Å². The van der Waals surface area contributed by atoms with Crippen LogP contribution in [-0.4, -0.2) is 72.4 Å². The predicted molar refractivity (Wildman–Crippen MR) is 116 cm³/mol. The average Bonchev–Trinajstić information content (AvgIpc) is 3.39. The first-order valence-corrected chi connectivity index (χ1v) is 9.79. The van der Waals surface area contributed by atoms with Crippen LogP contribution in [0, 0.1) is 5.92 Å². The van der Waals surface area contributed by atoms with Gasteiger partial charge in [-0.3, -0.25) is 9.79 Å². The number of rotatable bonds is 6. The van der Waals surface area contributed by atoms with Crippen LogP contribution < -0.4 is 15.5 Å². The van der Waals surface area contributed by atoms with Gasteiger partial charge in [-0.2, -0.15) is 4.37 Å². The quantitative estimate of drug-likeness (QED) is 0.266. The molecule has 1 saturated carbocycles.